The van der Waals surface area contributed by atoms with E-state index in [0.717, 1.165) is 17.9 Å². The van der Waals surface area contributed by atoms with E-state index >= 15 is 0 Å². The van der Waals surface area contributed by atoms with Gasteiger partial charge in [0.1, 0.15) is 0 Å². The second kappa shape index (κ2) is 4.88. The second-order valence-electron chi connectivity index (χ2n) is 4.39. The molecule has 0 unspecified atom stereocenters. The van der Waals surface area contributed by atoms with Crippen LogP contribution in [0.4, 0.5) is 0 Å². The Balaban J connectivity index is 1.88. The predicted molar refractivity (Wildman–Crippen MR) is 71.2 cm³/mol. The van der Waals surface area contributed by atoms with Crippen molar-refractivity contribution in [1.29, 1.82) is 0 Å². The van der Waals surface area contributed by atoms with E-state index < -0.39 is 0 Å². The molecular weight excluding hydrogens is 271 g/mol. The highest BCUT2D eigenvalue weighted by Crippen LogP contribution is 2.25. The van der Waals surface area contributed by atoms with Crippen molar-refractivity contribution < 1.29 is 0 Å². The third-order valence-corrected chi connectivity index (χ3v) is 3.44. The smallest absolute Gasteiger partial charge is 0.0854 e. The molecule has 4 nitrogen and oxygen atoms in total. The number of nitrogens with zero attached hydrogens (tertiary/aromatic N) is 3. The Bertz CT molecular complexity index is 563. The van der Waals surface area contributed by atoms with Crippen molar-refractivity contribution in [2.75, 3.05) is 0 Å². The van der Waals surface area contributed by atoms with Crippen LogP contribution in [-0.2, 0) is 6.54 Å². The average molecular weight is 283 g/mol. The molecule has 0 spiro atoms. The number of benzene rings is 1. The molecule has 1 N–H and O–H groups in total. The topological polar surface area (TPSA) is 42.7 Å². The maximum atomic E-state index is 6.17. The first kappa shape index (κ1) is 12.0. The van der Waals surface area contributed by atoms with Crippen molar-refractivity contribution in [3.8, 4) is 5.69 Å². The van der Waals surface area contributed by atoms with Crippen molar-refractivity contribution in [2.45, 2.75) is 25.4 Å². The van der Waals surface area contributed by atoms with Gasteiger partial charge in [0.25, 0.3) is 0 Å². The molecule has 18 heavy (non-hydrogen) atoms. The van der Waals surface area contributed by atoms with Gasteiger partial charge in [-0.3, -0.25) is 0 Å². The Labute approximate surface area is 115 Å². The summed E-state index contributed by atoms with van der Waals surface area (Å²) in [7, 11) is 0. The van der Waals surface area contributed by atoms with Crippen LogP contribution in [0.25, 0.3) is 5.69 Å². The van der Waals surface area contributed by atoms with E-state index in [1.807, 2.05) is 6.07 Å². The highest BCUT2D eigenvalue weighted by atomic mass is 35.5. The van der Waals surface area contributed by atoms with E-state index in [4.69, 9.17) is 23.2 Å². The number of hydrogen-bond donors (Lipinski definition) is 1. The molecule has 2 aromatic rings. The van der Waals surface area contributed by atoms with E-state index in [2.05, 4.69) is 15.6 Å². The molecule has 94 valence electrons. The zero-order valence-corrected chi connectivity index (χ0v) is 11.1. The first-order valence-corrected chi connectivity index (χ1v) is 6.58. The van der Waals surface area contributed by atoms with Crippen LogP contribution in [0.2, 0.25) is 10.0 Å². The third kappa shape index (κ3) is 2.51. The molecule has 1 aromatic carbocycles. The number of rotatable bonds is 4. The van der Waals surface area contributed by atoms with Crippen molar-refractivity contribution in [2.24, 2.45) is 0 Å². The minimum absolute atomic E-state index is 0.570. The van der Waals surface area contributed by atoms with Gasteiger partial charge in [-0.05, 0) is 31.0 Å². The molecule has 1 heterocycles. The lowest BCUT2D eigenvalue weighted by Gasteiger charge is -2.08. The zero-order chi connectivity index (χ0) is 12.5. The maximum Gasteiger partial charge on any atom is 0.0854 e. The summed E-state index contributed by atoms with van der Waals surface area (Å²) in [6.07, 6.45) is 4.26. The van der Waals surface area contributed by atoms with Gasteiger partial charge in [-0.2, -0.15) is 0 Å². The lowest BCUT2D eigenvalue weighted by Crippen LogP contribution is -2.18. The predicted octanol–water partition coefficient (Wildman–Crippen LogP) is 2.83. The van der Waals surface area contributed by atoms with E-state index in [0.29, 0.717) is 16.1 Å². The van der Waals surface area contributed by atoms with E-state index in [1.165, 1.54) is 12.8 Å². The molecule has 0 amide bonds. The molecule has 0 bridgehead atoms. The molecule has 1 saturated carbocycles. The summed E-state index contributed by atoms with van der Waals surface area (Å²) in [5, 5.41) is 12.6. The monoisotopic (exact) mass is 282 g/mol. The molecule has 1 fully saturated rings. The van der Waals surface area contributed by atoms with Gasteiger partial charge < -0.3 is 5.32 Å². The largest absolute Gasteiger partial charge is 0.308 e. The van der Waals surface area contributed by atoms with Gasteiger partial charge in [0, 0.05) is 17.6 Å². The van der Waals surface area contributed by atoms with Crippen LogP contribution in [-0.4, -0.2) is 21.0 Å². The maximum absolute atomic E-state index is 6.17. The summed E-state index contributed by atoms with van der Waals surface area (Å²) in [4.78, 5) is 0. The standard InChI is InChI=1S/C12H12Cl2N4/c13-8-1-4-12(11(14)5-8)18-10(7-16-17-18)6-15-9-2-3-9/h1,4-5,7,9,15H,2-3,6H2. The Morgan fingerprint density at radius 2 is 2.17 bits per heavy atom. The molecule has 1 aliphatic carbocycles. The quantitative estimate of drug-likeness (QED) is 0.938. The van der Waals surface area contributed by atoms with Crippen LogP contribution in [0.3, 0.4) is 0 Å². The summed E-state index contributed by atoms with van der Waals surface area (Å²) < 4.78 is 1.74. The third-order valence-electron chi connectivity index (χ3n) is 2.91. The van der Waals surface area contributed by atoms with Crippen LogP contribution in [0.5, 0.6) is 0 Å². The fraction of sp³-hybridized carbons (Fsp3) is 0.333. The number of hydrogen-bond acceptors (Lipinski definition) is 3. The van der Waals surface area contributed by atoms with Crippen LogP contribution >= 0.6 is 23.2 Å². The van der Waals surface area contributed by atoms with Gasteiger partial charge in [0.05, 0.1) is 22.6 Å². The fourth-order valence-electron chi connectivity index (χ4n) is 1.77. The van der Waals surface area contributed by atoms with E-state index in [9.17, 15) is 0 Å². The van der Waals surface area contributed by atoms with Gasteiger partial charge in [0.15, 0.2) is 0 Å². The summed E-state index contributed by atoms with van der Waals surface area (Å²) >= 11 is 12.1. The highest BCUT2D eigenvalue weighted by Gasteiger charge is 2.21. The van der Waals surface area contributed by atoms with E-state index in [-0.39, 0.29) is 0 Å². The molecule has 0 aliphatic heterocycles. The van der Waals surface area contributed by atoms with Crippen molar-refractivity contribution in [1.82, 2.24) is 20.3 Å². The Kier molecular flexibility index (Phi) is 3.24. The Morgan fingerprint density at radius 3 is 2.89 bits per heavy atom. The number of aromatic nitrogens is 3. The fourth-order valence-corrected chi connectivity index (χ4v) is 2.26. The minimum Gasteiger partial charge on any atom is -0.308 e. The van der Waals surface area contributed by atoms with Gasteiger partial charge >= 0.3 is 0 Å². The van der Waals surface area contributed by atoms with Gasteiger partial charge in [-0.1, -0.05) is 28.4 Å². The number of halogens is 2. The lowest BCUT2D eigenvalue weighted by molar-refractivity contribution is 0.647. The van der Waals surface area contributed by atoms with Crippen LogP contribution < -0.4 is 5.32 Å². The SMILES string of the molecule is Clc1ccc(-n2nncc2CNC2CC2)c(Cl)c1. The summed E-state index contributed by atoms with van der Waals surface area (Å²) in [6, 6.07) is 6.00. The summed E-state index contributed by atoms with van der Waals surface area (Å²) in [5.41, 5.74) is 1.79. The van der Waals surface area contributed by atoms with Gasteiger partial charge in [0.2, 0.25) is 0 Å². The lowest BCUT2D eigenvalue weighted by atomic mass is 10.3. The molecule has 1 aromatic heterocycles. The van der Waals surface area contributed by atoms with Crippen LogP contribution in [0, 0.1) is 0 Å². The average Bonchev–Trinajstić information content (AvgIpc) is 3.06. The molecule has 0 radical (unpaired) electrons. The summed E-state index contributed by atoms with van der Waals surface area (Å²) in [5.74, 6) is 0. The minimum atomic E-state index is 0.570. The summed E-state index contributed by atoms with van der Waals surface area (Å²) in [6.45, 7) is 0.747. The van der Waals surface area contributed by atoms with Gasteiger partial charge in [-0.25, -0.2) is 4.68 Å². The van der Waals surface area contributed by atoms with Crippen molar-refractivity contribution in [3.63, 3.8) is 0 Å². The molecular formula is C12H12Cl2N4. The normalized spacial score (nSPS) is 15.0. The molecule has 3 rings (SSSR count). The van der Waals surface area contributed by atoms with Crippen molar-refractivity contribution >= 4 is 23.2 Å². The Hall–Kier alpha value is -1.10. The van der Waals surface area contributed by atoms with Gasteiger partial charge in [-0.15, -0.1) is 5.10 Å². The number of nitrogens with one attached hydrogen (secondary N) is 1. The molecule has 6 heteroatoms. The zero-order valence-electron chi connectivity index (χ0n) is 9.61. The highest BCUT2D eigenvalue weighted by molar-refractivity contribution is 6.35. The van der Waals surface area contributed by atoms with Crippen LogP contribution in [0.15, 0.2) is 24.4 Å². The first-order chi connectivity index (χ1) is 8.74. The van der Waals surface area contributed by atoms with E-state index in [1.54, 1.807) is 23.0 Å². The van der Waals surface area contributed by atoms with Crippen LogP contribution in [0.1, 0.15) is 18.5 Å². The Morgan fingerprint density at radius 1 is 1.33 bits per heavy atom. The molecule has 0 saturated heterocycles. The molecule has 0 atom stereocenters. The second-order valence-corrected chi connectivity index (χ2v) is 5.23. The first-order valence-electron chi connectivity index (χ1n) is 5.82. The molecule has 1 aliphatic rings. The van der Waals surface area contributed by atoms with Crippen molar-refractivity contribution in [3.05, 3.63) is 40.1 Å².